The van der Waals surface area contributed by atoms with Crippen LogP contribution >= 0.6 is 0 Å². The Kier molecular flexibility index (Phi) is 4.32. The molecule has 0 amide bonds. The van der Waals surface area contributed by atoms with Crippen LogP contribution in [-0.4, -0.2) is 24.8 Å². The van der Waals surface area contributed by atoms with E-state index in [1.54, 1.807) is 7.11 Å². The third kappa shape index (κ3) is 2.96. The predicted molar refractivity (Wildman–Crippen MR) is 108 cm³/mol. The first kappa shape index (κ1) is 17.3. The maximum absolute atomic E-state index is 12.8. The molecule has 0 saturated heterocycles. The van der Waals surface area contributed by atoms with E-state index < -0.39 is 0 Å². The lowest BCUT2D eigenvalue weighted by atomic mass is 10.0. The smallest absolute Gasteiger partial charge is 0.344 e. The molecule has 1 aromatic heterocycles. The molecule has 0 N–H and O–H groups in total. The van der Waals surface area contributed by atoms with Gasteiger partial charge in [-0.05, 0) is 48.7 Å². The number of rotatable bonds is 3. The Morgan fingerprint density at radius 3 is 2.61 bits per heavy atom. The van der Waals surface area contributed by atoms with Crippen LogP contribution in [0.2, 0.25) is 0 Å². The van der Waals surface area contributed by atoms with Gasteiger partial charge in [0.25, 0.3) is 0 Å². The van der Waals surface area contributed by atoms with Gasteiger partial charge in [0.05, 0.1) is 18.2 Å². The standard InChI is InChI=1S/C23H23NO4/c1-26-18-9-6-15(7-10-18)19-12-16-8-11-21-20(22(16)28-23(19)25)13-24(14-27-21)17-4-2-3-5-17/h6-12,17H,2-5,13-14H2,1H3. The molecule has 5 nitrogen and oxygen atoms in total. The minimum absolute atomic E-state index is 0.330. The average Bonchev–Trinajstić information content (AvgIpc) is 3.28. The quantitative estimate of drug-likeness (QED) is 0.626. The van der Waals surface area contributed by atoms with Crippen LogP contribution in [-0.2, 0) is 6.54 Å². The van der Waals surface area contributed by atoms with Crippen LogP contribution in [0.5, 0.6) is 11.5 Å². The van der Waals surface area contributed by atoms with Crippen molar-refractivity contribution in [1.82, 2.24) is 4.90 Å². The molecular weight excluding hydrogens is 354 g/mol. The Morgan fingerprint density at radius 1 is 1.07 bits per heavy atom. The molecule has 2 aliphatic rings. The van der Waals surface area contributed by atoms with Crippen LogP contribution in [0.4, 0.5) is 0 Å². The molecule has 3 aromatic rings. The second-order valence-corrected chi connectivity index (χ2v) is 7.60. The normalized spacial score (nSPS) is 17.5. The van der Waals surface area contributed by atoms with Gasteiger partial charge < -0.3 is 13.9 Å². The van der Waals surface area contributed by atoms with Gasteiger partial charge in [-0.15, -0.1) is 0 Å². The molecule has 1 saturated carbocycles. The van der Waals surface area contributed by atoms with E-state index in [1.807, 2.05) is 42.5 Å². The van der Waals surface area contributed by atoms with Crippen molar-refractivity contribution in [3.05, 3.63) is 58.4 Å². The maximum Gasteiger partial charge on any atom is 0.344 e. The van der Waals surface area contributed by atoms with Crippen LogP contribution < -0.4 is 15.1 Å². The summed E-state index contributed by atoms with van der Waals surface area (Å²) in [4.78, 5) is 15.1. The monoisotopic (exact) mass is 377 g/mol. The molecule has 2 aromatic carbocycles. The lowest BCUT2D eigenvalue weighted by Gasteiger charge is -2.33. The second kappa shape index (κ2) is 6.99. The highest BCUT2D eigenvalue weighted by Crippen LogP contribution is 2.36. The van der Waals surface area contributed by atoms with E-state index in [0.717, 1.165) is 34.6 Å². The topological polar surface area (TPSA) is 51.9 Å². The molecule has 0 bridgehead atoms. The molecule has 0 spiro atoms. The summed E-state index contributed by atoms with van der Waals surface area (Å²) in [5, 5.41) is 0.918. The largest absolute Gasteiger partial charge is 0.497 e. The van der Waals surface area contributed by atoms with Crippen LogP contribution in [0.1, 0.15) is 31.2 Å². The lowest BCUT2D eigenvalue weighted by Crippen LogP contribution is -2.38. The first-order valence-corrected chi connectivity index (χ1v) is 9.84. The average molecular weight is 377 g/mol. The van der Waals surface area contributed by atoms with Gasteiger partial charge in [0.2, 0.25) is 0 Å². The van der Waals surface area contributed by atoms with Crippen LogP contribution in [0.3, 0.4) is 0 Å². The minimum Gasteiger partial charge on any atom is -0.497 e. The molecule has 144 valence electrons. The highest BCUT2D eigenvalue weighted by molar-refractivity contribution is 5.86. The maximum atomic E-state index is 12.8. The van der Waals surface area contributed by atoms with Gasteiger partial charge in [-0.1, -0.05) is 25.0 Å². The van der Waals surface area contributed by atoms with Gasteiger partial charge in [0, 0.05) is 18.0 Å². The van der Waals surface area contributed by atoms with Crippen molar-refractivity contribution in [3.63, 3.8) is 0 Å². The Balaban J connectivity index is 1.56. The molecule has 1 fully saturated rings. The zero-order valence-electron chi connectivity index (χ0n) is 15.9. The van der Waals surface area contributed by atoms with E-state index in [0.29, 0.717) is 23.9 Å². The molecule has 1 aliphatic carbocycles. The van der Waals surface area contributed by atoms with Crippen LogP contribution in [0, 0.1) is 0 Å². The molecule has 5 rings (SSSR count). The Hall–Kier alpha value is -2.79. The molecule has 28 heavy (non-hydrogen) atoms. The Bertz CT molecular complexity index is 1060. The van der Waals surface area contributed by atoms with Crippen molar-refractivity contribution in [2.24, 2.45) is 0 Å². The van der Waals surface area contributed by atoms with E-state index in [-0.39, 0.29) is 5.63 Å². The number of nitrogens with zero attached hydrogens (tertiary/aromatic N) is 1. The van der Waals surface area contributed by atoms with Crippen LogP contribution in [0.15, 0.2) is 51.7 Å². The zero-order valence-corrected chi connectivity index (χ0v) is 15.9. The summed E-state index contributed by atoms with van der Waals surface area (Å²) in [7, 11) is 1.62. The van der Waals surface area contributed by atoms with Gasteiger partial charge in [-0.3, -0.25) is 4.90 Å². The molecule has 2 heterocycles. The summed E-state index contributed by atoms with van der Waals surface area (Å²) in [6.07, 6.45) is 5.00. The van der Waals surface area contributed by atoms with Gasteiger partial charge in [0.15, 0.2) is 0 Å². The van der Waals surface area contributed by atoms with Crippen molar-refractivity contribution in [1.29, 1.82) is 0 Å². The SMILES string of the molecule is COc1ccc(-c2cc3ccc4c(c3oc2=O)CN(C2CCCC2)CO4)cc1. The van der Waals surface area contributed by atoms with Gasteiger partial charge >= 0.3 is 5.63 Å². The highest BCUT2D eigenvalue weighted by Gasteiger charge is 2.28. The summed E-state index contributed by atoms with van der Waals surface area (Å²) in [5.74, 6) is 1.58. The highest BCUT2D eigenvalue weighted by atomic mass is 16.5. The molecular formula is C23H23NO4. The van der Waals surface area contributed by atoms with E-state index in [9.17, 15) is 4.79 Å². The first-order valence-electron chi connectivity index (χ1n) is 9.84. The third-order valence-corrected chi connectivity index (χ3v) is 5.95. The van der Waals surface area contributed by atoms with Crippen molar-refractivity contribution in [2.45, 2.75) is 38.3 Å². The number of methoxy groups -OCH3 is 1. The van der Waals surface area contributed by atoms with Crippen molar-refractivity contribution in [3.8, 4) is 22.6 Å². The molecule has 0 unspecified atom stereocenters. The number of hydrogen-bond donors (Lipinski definition) is 0. The summed E-state index contributed by atoms with van der Waals surface area (Å²) in [5.41, 5.74) is 2.66. The van der Waals surface area contributed by atoms with Gasteiger partial charge in [-0.25, -0.2) is 4.79 Å². The summed E-state index contributed by atoms with van der Waals surface area (Å²) in [6, 6.07) is 13.9. The fraction of sp³-hybridized carbons (Fsp3) is 0.348. The van der Waals surface area contributed by atoms with E-state index >= 15 is 0 Å². The number of hydrogen-bond acceptors (Lipinski definition) is 5. The number of ether oxygens (including phenoxy) is 2. The Labute approximate surface area is 163 Å². The van der Waals surface area contributed by atoms with Gasteiger partial charge in [-0.2, -0.15) is 0 Å². The predicted octanol–water partition coefficient (Wildman–Crippen LogP) is 4.56. The van der Waals surface area contributed by atoms with E-state index in [1.165, 1.54) is 25.7 Å². The molecule has 1 aliphatic heterocycles. The second-order valence-electron chi connectivity index (χ2n) is 7.60. The fourth-order valence-electron chi connectivity index (χ4n) is 4.39. The minimum atomic E-state index is -0.330. The number of benzene rings is 2. The number of fused-ring (bicyclic) bond motifs is 3. The molecule has 0 radical (unpaired) electrons. The van der Waals surface area contributed by atoms with Crippen molar-refractivity contribution < 1.29 is 13.9 Å². The first-order chi connectivity index (χ1) is 13.7. The summed E-state index contributed by atoms with van der Waals surface area (Å²) >= 11 is 0. The Morgan fingerprint density at radius 2 is 1.86 bits per heavy atom. The van der Waals surface area contributed by atoms with Crippen LogP contribution in [0.25, 0.3) is 22.1 Å². The summed E-state index contributed by atoms with van der Waals surface area (Å²) < 4.78 is 17.0. The van der Waals surface area contributed by atoms with Gasteiger partial charge in [0.1, 0.15) is 23.8 Å². The third-order valence-electron chi connectivity index (χ3n) is 5.95. The van der Waals surface area contributed by atoms with Crippen molar-refractivity contribution >= 4 is 11.0 Å². The zero-order chi connectivity index (χ0) is 19.1. The van der Waals surface area contributed by atoms with Crippen molar-refractivity contribution in [2.75, 3.05) is 13.8 Å². The lowest BCUT2D eigenvalue weighted by molar-refractivity contribution is 0.0581. The van der Waals surface area contributed by atoms with E-state index in [4.69, 9.17) is 13.9 Å². The molecule has 5 heteroatoms. The fourth-order valence-corrected chi connectivity index (χ4v) is 4.39. The molecule has 0 atom stereocenters. The van der Waals surface area contributed by atoms with E-state index in [2.05, 4.69) is 4.90 Å². The summed E-state index contributed by atoms with van der Waals surface area (Å²) in [6.45, 7) is 1.37.